The summed E-state index contributed by atoms with van der Waals surface area (Å²) >= 11 is -0.895. The fourth-order valence-electron chi connectivity index (χ4n) is 5.17. The number of amides is 2. The number of nitrogens with two attached hydrogens (primary N) is 1. The average molecular weight is 627 g/mol. The molecule has 11 heteroatoms. The third kappa shape index (κ3) is 7.05. The van der Waals surface area contributed by atoms with Crippen LogP contribution in [0.2, 0.25) is 0 Å². The molecule has 10 nitrogen and oxygen atoms in total. The number of nitrogens with one attached hydrogen (secondary N) is 2. The largest absolute Gasteiger partial charge is 0.616 e. The van der Waals surface area contributed by atoms with Gasteiger partial charge in [-0.3, -0.25) is 14.4 Å². The molecule has 0 bridgehead atoms. The molecular weight excluding hydrogens is 588 g/mol. The summed E-state index contributed by atoms with van der Waals surface area (Å²) in [5.41, 5.74) is 11.4. The van der Waals surface area contributed by atoms with Gasteiger partial charge in [-0.05, 0) is 59.9 Å². The molecule has 3 aromatic carbocycles. The predicted molar refractivity (Wildman–Crippen MR) is 181 cm³/mol. The third-order valence-electron chi connectivity index (χ3n) is 7.95. The summed E-state index contributed by atoms with van der Waals surface area (Å²) in [5.74, 6) is 0.560. The highest BCUT2D eigenvalue weighted by Crippen LogP contribution is 2.29. The zero-order chi connectivity index (χ0) is 32.5. The molecule has 0 aliphatic carbocycles. The molecule has 2 heterocycles. The lowest BCUT2D eigenvalue weighted by molar-refractivity contribution is 0.0771. The molecule has 0 atom stereocenters. The molecule has 4 aromatic rings. The molecule has 45 heavy (non-hydrogen) atoms. The zero-order valence-electron chi connectivity index (χ0n) is 26.1. The molecule has 1 fully saturated rings. The Balaban J connectivity index is 1.37. The molecule has 0 radical (unpaired) electrons. The number of nitrogens with zero attached hydrogens (tertiary/aromatic N) is 3. The lowest BCUT2D eigenvalue weighted by Gasteiger charge is -2.28. The fourth-order valence-corrected chi connectivity index (χ4v) is 6.22. The van der Waals surface area contributed by atoms with Crippen molar-refractivity contribution >= 4 is 45.9 Å². The maximum Gasteiger partial charge on any atom is 0.293 e. The van der Waals surface area contributed by atoms with Crippen LogP contribution < -0.4 is 21.9 Å². The molecule has 1 aliphatic rings. The maximum atomic E-state index is 13.1. The van der Waals surface area contributed by atoms with Gasteiger partial charge >= 0.3 is 0 Å². The Morgan fingerprint density at radius 2 is 1.71 bits per heavy atom. The van der Waals surface area contributed by atoms with Crippen molar-refractivity contribution in [3.05, 3.63) is 99.5 Å². The number of anilines is 4. The van der Waals surface area contributed by atoms with Crippen LogP contribution in [-0.2, 0) is 23.6 Å². The van der Waals surface area contributed by atoms with Crippen molar-refractivity contribution in [1.29, 1.82) is 0 Å². The number of carbonyl (C=O) groups is 2. The van der Waals surface area contributed by atoms with Crippen LogP contribution in [0.25, 0.3) is 11.3 Å². The third-order valence-corrected chi connectivity index (χ3v) is 9.23. The van der Waals surface area contributed by atoms with Gasteiger partial charge in [-0.2, -0.15) is 0 Å². The second-order valence-electron chi connectivity index (χ2n) is 12.2. The van der Waals surface area contributed by atoms with Crippen LogP contribution in [0, 0.1) is 6.92 Å². The highest BCUT2D eigenvalue weighted by molar-refractivity contribution is 7.91. The van der Waals surface area contributed by atoms with Gasteiger partial charge in [0.2, 0.25) is 0 Å². The summed E-state index contributed by atoms with van der Waals surface area (Å²) < 4.78 is 13.1. The van der Waals surface area contributed by atoms with Crippen molar-refractivity contribution in [3.63, 3.8) is 0 Å². The van der Waals surface area contributed by atoms with Crippen molar-refractivity contribution in [2.75, 3.05) is 41.0 Å². The van der Waals surface area contributed by atoms with Crippen LogP contribution in [0.5, 0.6) is 0 Å². The van der Waals surface area contributed by atoms with Crippen LogP contribution in [0.1, 0.15) is 52.6 Å². The summed E-state index contributed by atoms with van der Waals surface area (Å²) in [6.07, 6.45) is 1.65. The number of hydrogen-bond donors (Lipinski definition) is 3. The van der Waals surface area contributed by atoms with Crippen molar-refractivity contribution in [2.24, 2.45) is 7.05 Å². The van der Waals surface area contributed by atoms with Crippen molar-refractivity contribution in [1.82, 2.24) is 14.5 Å². The van der Waals surface area contributed by atoms with Gasteiger partial charge in [0.25, 0.3) is 17.4 Å². The van der Waals surface area contributed by atoms with E-state index in [9.17, 15) is 18.9 Å². The molecule has 0 saturated carbocycles. The van der Waals surface area contributed by atoms with E-state index in [1.54, 1.807) is 36.3 Å². The SMILES string of the molecule is Cc1c(NC(=O)c2ccc(C(C)(C)C)cc2)cccc1-c1cn(C)c(=O)c(Nc2ccc(C(=O)N3CC[S+]([O-])CC3)c(N)c2)n1. The van der Waals surface area contributed by atoms with E-state index in [0.717, 1.165) is 16.7 Å². The second-order valence-corrected chi connectivity index (χ2v) is 13.9. The highest BCUT2D eigenvalue weighted by Gasteiger charge is 2.26. The Kier molecular flexibility index (Phi) is 9.03. The smallest absolute Gasteiger partial charge is 0.293 e. The number of aryl methyl sites for hydroxylation is 1. The van der Waals surface area contributed by atoms with E-state index in [2.05, 4.69) is 36.4 Å². The average Bonchev–Trinajstić information content (AvgIpc) is 3.00. The van der Waals surface area contributed by atoms with Crippen LogP contribution in [0.4, 0.5) is 22.9 Å². The lowest BCUT2D eigenvalue weighted by Crippen LogP contribution is -2.43. The molecule has 2 amide bonds. The Hall–Kier alpha value is -4.61. The van der Waals surface area contributed by atoms with Crippen molar-refractivity contribution in [2.45, 2.75) is 33.1 Å². The first-order valence-corrected chi connectivity index (χ1v) is 16.2. The Morgan fingerprint density at radius 3 is 2.36 bits per heavy atom. The predicted octanol–water partition coefficient (Wildman–Crippen LogP) is 4.84. The van der Waals surface area contributed by atoms with E-state index >= 15 is 0 Å². The normalized spacial score (nSPS) is 13.9. The number of aromatic nitrogens is 2. The summed E-state index contributed by atoms with van der Waals surface area (Å²) in [6, 6.07) is 18.0. The molecular formula is C34H38N6O4S. The monoisotopic (exact) mass is 626 g/mol. The van der Waals surface area contributed by atoms with E-state index in [1.165, 1.54) is 4.57 Å². The minimum atomic E-state index is -0.895. The number of hydrogen-bond acceptors (Lipinski definition) is 7. The van der Waals surface area contributed by atoms with E-state index < -0.39 is 11.2 Å². The zero-order valence-corrected chi connectivity index (χ0v) is 27.0. The van der Waals surface area contributed by atoms with Crippen LogP contribution in [-0.4, -0.2) is 55.4 Å². The molecule has 1 aromatic heterocycles. The first kappa shape index (κ1) is 31.8. The summed E-state index contributed by atoms with van der Waals surface area (Å²) in [4.78, 5) is 45.4. The molecule has 0 unspecified atom stereocenters. The van der Waals surface area contributed by atoms with Gasteiger partial charge in [0.15, 0.2) is 5.82 Å². The molecule has 4 N–H and O–H groups in total. The van der Waals surface area contributed by atoms with Gasteiger partial charge in [0.05, 0.1) is 24.3 Å². The van der Waals surface area contributed by atoms with Gasteiger partial charge in [0.1, 0.15) is 11.5 Å². The Bertz CT molecular complexity index is 1810. The quantitative estimate of drug-likeness (QED) is 0.205. The Morgan fingerprint density at radius 1 is 1.02 bits per heavy atom. The van der Waals surface area contributed by atoms with Gasteiger partial charge in [-0.1, -0.05) is 56.2 Å². The fraction of sp³-hybridized carbons (Fsp3) is 0.294. The first-order chi connectivity index (χ1) is 21.3. The maximum absolute atomic E-state index is 13.1. The standard InChI is InChI=1S/C34H38N6O4S/c1-21-25(7-6-8-28(21)38-31(41)22-9-11-23(12-10-22)34(2,3)4)29-20-39(5)33(43)30(37-29)36-24-13-14-26(27(35)19-24)32(42)40-15-17-45(44)18-16-40/h6-14,19-20H,15-18,35H2,1-5H3,(H,36,37)(H,38,41). The topological polar surface area (TPSA) is 145 Å². The van der Waals surface area contributed by atoms with Crippen LogP contribution >= 0.6 is 0 Å². The van der Waals surface area contributed by atoms with Gasteiger partial charge in [-0.25, -0.2) is 4.98 Å². The minimum Gasteiger partial charge on any atom is -0.616 e. The first-order valence-electron chi connectivity index (χ1n) is 14.7. The second kappa shape index (κ2) is 12.8. The summed E-state index contributed by atoms with van der Waals surface area (Å²) in [6.45, 7) is 9.12. The van der Waals surface area contributed by atoms with Crippen LogP contribution in [0.3, 0.4) is 0 Å². The van der Waals surface area contributed by atoms with E-state index in [-0.39, 0.29) is 34.3 Å². The lowest BCUT2D eigenvalue weighted by atomic mass is 9.86. The summed E-state index contributed by atoms with van der Waals surface area (Å²) in [5, 5.41) is 6.07. The molecule has 0 spiro atoms. The Labute approximate surface area is 265 Å². The molecule has 1 saturated heterocycles. The van der Waals surface area contributed by atoms with Crippen LogP contribution in [0.15, 0.2) is 71.7 Å². The minimum absolute atomic E-state index is 0.0111. The summed E-state index contributed by atoms with van der Waals surface area (Å²) in [7, 11) is 1.64. The van der Waals surface area contributed by atoms with Crippen molar-refractivity contribution < 1.29 is 14.1 Å². The van der Waals surface area contributed by atoms with Crippen molar-refractivity contribution in [3.8, 4) is 11.3 Å². The van der Waals surface area contributed by atoms with Gasteiger partial charge in [-0.15, -0.1) is 0 Å². The number of rotatable bonds is 6. The van der Waals surface area contributed by atoms with E-state index in [4.69, 9.17) is 5.73 Å². The molecule has 5 rings (SSSR count). The molecule has 1 aliphatic heterocycles. The number of nitrogen functional groups attached to an aromatic ring is 1. The number of benzene rings is 3. The molecule has 234 valence electrons. The van der Waals surface area contributed by atoms with E-state index in [1.807, 2.05) is 49.4 Å². The van der Waals surface area contributed by atoms with Gasteiger partial charge in [0, 0.05) is 41.4 Å². The highest BCUT2D eigenvalue weighted by atomic mass is 32.2. The number of carbonyl (C=O) groups excluding carboxylic acids is 2. The van der Waals surface area contributed by atoms with E-state index in [0.29, 0.717) is 52.8 Å². The van der Waals surface area contributed by atoms with Gasteiger partial charge < -0.3 is 30.4 Å².